The molecule has 2 N–H and O–H groups in total. The topological polar surface area (TPSA) is 48.6 Å². The second-order valence-corrected chi connectivity index (χ2v) is 1.32. The molecule has 5 heteroatoms. The number of aldehydes is 1. The molecule has 0 spiro atoms. The second-order valence-electron chi connectivity index (χ2n) is 1.32. The lowest BCUT2D eigenvalue weighted by atomic mass is 10.3. The minimum Gasteiger partial charge on any atom is -0.412 e. The van der Waals surface area contributed by atoms with Crippen molar-refractivity contribution in [2.45, 2.75) is 19.0 Å². The minimum absolute atomic E-state index is 0. The number of hydrogen-bond acceptors (Lipinski definition) is 1. The van der Waals surface area contributed by atoms with Crippen molar-refractivity contribution in [2.75, 3.05) is 0 Å². The average molecular weight is 144 g/mol. The van der Waals surface area contributed by atoms with E-state index in [0.29, 0.717) is 0 Å². The highest BCUT2D eigenvalue weighted by Crippen LogP contribution is 2.19. The molecule has 0 unspecified atom stereocenters. The van der Waals surface area contributed by atoms with Crippen LogP contribution in [0.1, 0.15) is 12.8 Å². The van der Waals surface area contributed by atoms with Crippen LogP contribution in [0.15, 0.2) is 0 Å². The van der Waals surface area contributed by atoms with Crippen LogP contribution in [0.5, 0.6) is 0 Å². The standard InChI is InChI=1S/C4H5F3O.H2O/c5-4(6,7)2-1-3-8;/h3H,1-2H2;1H2. The molecule has 0 saturated carbocycles. The second kappa shape index (κ2) is 4.31. The lowest BCUT2D eigenvalue weighted by Crippen LogP contribution is -2.06. The van der Waals surface area contributed by atoms with Crippen molar-refractivity contribution in [3.8, 4) is 0 Å². The molecule has 0 heterocycles. The third-order valence-corrected chi connectivity index (χ3v) is 0.546. The number of hydrogen-bond donors (Lipinski definition) is 0. The van der Waals surface area contributed by atoms with Gasteiger partial charge in [0.05, 0.1) is 6.42 Å². The summed E-state index contributed by atoms with van der Waals surface area (Å²) in [5, 5.41) is 0. The van der Waals surface area contributed by atoms with E-state index in [1.807, 2.05) is 0 Å². The number of rotatable bonds is 2. The predicted octanol–water partition coefficient (Wildman–Crippen LogP) is 0.703. The van der Waals surface area contributed by atoms with Gasteiger partial charge in [-0.25, -0.2) is 0 Å². The van der Waals surface area contributed by atoms with Gasteiger partial charge >= 0.3 is 6.18 Å². The van der Waals surface area contributed by atoms with Crippen molar-refractivity contribution in [3.63, 3.8) is 0 Å². The highest BCUT2D eigenvalue weighted by Gasteiger charge is 2.25. The van der Waals surface area contributed by atoms with Crippen LogP contribution in [-0.4, -0.2) is 17.9 Å². The first-order chi connectivity index (χ1) is 3.56. The van der Waals surface area contributed by atoms with E-state index in [1.165, 1.54) is 0 Å². The van der Waals surface area contributed by atoms with E-state index in [2.05, 4.69) is 0 Å². The maximum Gasteiger partial charge on any atom is 0.389 e. The van der Waals surface area contributed by atoms with Gasteiger partial charge in [0.15, 0.2) is 0 Å². The molecule has 0 aromatic rings. The zero-order chi connectivity index (χ0) is 6.62. The highest BCUT2D eigenvalue weighted by atomic mass is 19.4. The van der Waals surface area contributed by atoms with Crippen LogP contribution < -0.4 is 0 Å². The molecule has 0 fully saturated rings. The van der Waals surface area contributed by atoms with Crippen LogP contribution in [0.3, 0.4) is 0 Å². The van der Waals surface area contributed by atoms with Crippen LogP contribution in [0.4, 0.5) is 13.2 Å². The van der Waals surface area contributed by atoms with E-state index in [4.69, 9.17) is 0 Å². The summed E-state index contributed by atoms with van der Waals surface area (Å²) in [5.74, 6) is 0. The first-order valence-electron chi connectivity index (χ1n) is 2.06. The molecule has 0 aliphatic carbocycles. The SMILES string of the molecule is O.O=CCCC(F)(F)F. The third-order valence-electron chi connectivity index (χ3n) is 0.546. The van der Waals surface area contributed by atoms with Crippen molar-refractivity contribution in [2.24, 2.45) is 0 Å². The Labute approximate surface area is 50.0 Å². The Kier molecular flexibility index (Phi) is 5.39. The molecule has 0 radical (unpaired) electrons. The summed E-state index contributed by atoms with van der Waals surface area (Å²) in [5.41, 5.74) is 0. The first kappa shape index (κ1) is 11.2. The molecule has 9 heavy (non-hydrogen) atoms. The fourth-order valence-corrected chi connectivity index (χ4v) is 0.223. The van der Waals surface area contributed by atoms with E-state index < -0.39 is 19.0 Å². The smallest absolute Gasteiger partial charge is 0.389 e. The Balaban J connectivity index is 0. The summed E-state index contributed by atoms with van der Waals surface area (Å²) >= 11 is 0. The normalized spacial score (nSPS) is 10.1. The Bertz CT molecular complexity index is 78.4. The van der Waals surface area contributed by atoms with Crippen molar-refractivity contribution in [1.29, 1.82) is 0 Å². The predicted molar refractivity (Wildman–Crippen MR) is 25.0 cm³/mol. The summed E-state index contributed by atoms with van der Waals surface area (Å²) in [6, 6.07) is 0. The summed E-state index contributed by atoms with van der Waals surface area (Å²) in [4.78, 5) is 9.35. The molecule has 0 aliphatic heterocycles. The molecule has 0 rings (SSSR count). The molecule has 0 aromatic heterocycles. The van der Waals surface area contributed by atoms with Crippen LogP contribution in [0.2, 0.25) is 0 Å². The van der Waals surface area contributed by atoms with Crippen molar-refractivity contribution >= 4 is 6.29 Å². The van der Waals surface area contributed by atoms with Crippen molar-refractivity contribution < 1.29 is 23.4 Å². The average Bonchev–Trinajstić information content (AvgIpc) is 1.59. The zero-order valence-electron chi connectivity index (χ0n) is 4.53. The maximum absolute atomic E-state index is 11.1. The largest absolute Gasteiger partial charge is 0.412 e. The van der Waals surface area contributed by atoms with Gasteiger partial charge in [0.2, 0.25) is 0 Å². The number of carbonyl (C=O) groups is 1. The van der Waals surface area contributed by atoms with Gasteiger partial charge in [0.1, 0.15) is 6.29 Å². The van der Waals surface area contributed by atoms with Gasteiger partial charge in [0, 0.05) is 6.42 Å². The van der Waals surface area contributed by atoms with Gasteiger partial charge in [-0.15, -0.1) is 0 Å². The third kappa shape index (κ3) is 11.2. The van der Waals surface area contributed by atoms with Crippen molar-refractivity contribution in [1.82, 2.24) is 0 Å². The molecule has 0 aliphatic rings. The minimum atomic E-state index is -4.18. The first-order valence-corrected chi connectivity index (χ1v) is 2.06. The molecule has 0 bridgehead atoms. The number of alkyl halides is 3. The Morgan fingerprint density at radius 3 is 1.89 bits per heavy atom. The molecular formula is C4H7F3O2. The van der Waals surface area contributed by atoms with Gasteiger partial charge in [-0.3, -0.25) is 0 Å². The van der Waals surface area contributed by atoms with E-state index >= 15 is 0 Å². The van der Waals surface area contributed by atoms with Gasteiger partial charge < -0.3 is 10.3 Å². The molecule has 0 atom stereocenters. The summed E-state index contributed by atoms with van der Waals surface area (Å²) in [6.07, 6.45) is -5.35. The zero-order valence-corrected chi connectivity index (χ0v) is 4.53. The fourth-order valence-electron chi connectivity index (χ4n) is 0.223. The molecule has 0 aromatic carbocycles. The van der Waals surface area contributed by atoms with Crippen LogP contribution in [0.25, 0.3) is 0 Å². The highest BCUT2D eigenvalue weighted by molar-refractivity contribution is 5.49. The van der Waals surface area contributed by atoms with Crippen LogP contribution in [-0.2, 0) is 4.79 Å². The Morgan fingerprint density at radius 2 is 1.78 bits per heavy atom. The summed E-state index contributed by atoms with van der Waals surface area (Å²) in [7, 11) is 0. The van der Waals surface area contributed by atoms with Crippen LogP contribution in [0, 0.1) is 0 Å². The quantitative estimate of drug-likeness (QED) is 0.526. The van der Waals surface area contributed by atoms with Crippen molar-refractivity contribution in [3.05, 3.63) is 0 Å². The summed E-state index contributed by atoms with van der Waals surface area (Å²) < 4.78 is 33.3. The van der Waals surface area contributed by atoms with Gasteiger partial charge in [-0.05, 0) is 0 Å². The fraction of sp³-hybridized carbons (Fsp3) is 0.750. The van der Waals surface area contributed by atoms with E-state index in [9.17, 15) is 18.0 Å². The van der Waals surface area contributed by atoms with E-state index in [1.54, 1.807) is 0 Å². The van der Waals surface area contributed by atoms with Gasteiger partial charge in [-0.2, -0.15) is 13.2 Å². The molecule has 0 amide bonds. The Morgan fingerprint density at radius 1 is 1.33 bits per heavy atom. The van der Waals surface area contributed by atoms with E-state index in [0.717, 1.165) is 0 Å². The van der Waals surface area contributed by atoms with Gasteiger partial charge in [-0.1, -0.05) is 0 Å². The molecular weight excluding hydrogens is 137 g/mol. The molecule has 56 valence electrons. The molecule has 0 saturated heterocycles. The Hall–Kier alpha value is -0.580. The van der Waals surface area contributed by atoms with E-state index in [-0.39, 0.29) is 11.8 Å². The number of carbonyl (C=O) groups excluding carboxylic acids is 1. The van der Waals surface area contributed by atoms with Gasteiger partial charge in [0.25, 0.3) is 0 Å². The number of halogens is 3. The monoisotopic (exact) mass is 144 g/mol. The van der Waals surface area contributed by atoms with Crippen LogP contribution >= 0.6 is 0 Å². The maximum atomic E-state index is 11.1. The summed E-state index contributed by atoms with van der Waals surface area (Å²) in [6.45, 7) is 0. The lowest BCUT2D eigenvalue weighted by molar-refractivity contribution is -0.139. The lowest BCUT2D eigenvalue weighted by Gasteiger charge is -1.99. The molecule has 2 nitrogen and oxygen atoms in total.